The molecule has 0 unspecified atom stereocenters. The second kappa shape index (κ2) is 9.09. The van der Waals surface area contributed by atoms with Gasteiger partial charge in [0.2, 0.25) is 5.91 Å². The summed E-state index contributed by atoms with van der Waals surface area (Å²) >= 11 is 11.9. The lowest BCUT2D eigenvalue weighted by Gasteiger charge is -2.23. The molecule has 0 aliphatic rings. The normalized spacial score (nSPS) is 12.1. The van der Waals surface area contributed by atoms with Crippen LogP contribution in [0.5, 0.6) is 5.75 Å². The highest BCUT2D eigenvalue weighted by Gasteiger charge is 2.22. The first kappa shape index (κ1) is 19.6. The van der Waals surface area contributed by atoms with Gasteiger partial charge in [0.25, 0.3) is 0 Å². The molecule has 0 aromatic heterocycles. The van der Waals surface area contributed by atoms with Crippen molar-refractivity contribution >= 4 is 29.1 Å². The Morgan fingerprint density at radius 2 is 1.88 bits per heavy atom. The molecule has 25 heavy (non-hydrogen) atoms. The first-order valence-electron chi connectivity index (χ1n) is 8.06. The summed E-state index contributed by atoms with van der Waals surface area (Å²) in [5.41, 5.74) is 1.90. The van der Waals surface area contributed by atoms with Crippen LogP contribution in [0.4, 0.5) is 0 Å². The third-order valence-corrected chi connectivity index (χ3v) is 4.80. The lowest BCUT2D eigenvalue weighted by atomic mass is 10.0. The molecule has 0 bridgehead atoms. The molecule has 0 spiro atoms. The Kier molecular flexibility index (Phi) is 7.12. The third-order valence-electron chi connectivity index (χ3n) is 4.06. The second-order valence-corrected chi connectivity index (χ2v) is 6.92. The maximum Gasteiger partial charge on any atom is 0.224 e. The van der Waals surface area contributed by atoms with Crippen molar-refractivity contribution in [2.45, 2.75) is 12.5 Å². The minimum absolute atomic E-state index is 0.0560. The van der Waals surface area contributed by atoms with Crippen molar-refractivity contribution in [1.82, 2.24) is 5.32 Å². The average Bonchev–Trinajstić information content (AvgIpc) is 2.58. The van der Waals surface area contributed by atoms with Gasteiger partial charge in [-0.25, -0.2) is 0 Å². The maximum atomic E-state index is 12.3. The predicted molar refractivity (Wildman–Crippen MR) is 102 cm³/mol. The van der Waals surface area contributed by atoms with E-state index in [0.29, 0.717) is 16.6 Å². The van der Waals surface area contributed by atoms with Crippen LogP contribution in [0, 0.1) is 0 Å². The molecule has 0 saturated heterocycles. The molecule has 1 amide bonds. The number of hydrogen-bond acceptors (Lipinski definition) is 2. The van der Waals surface area contributed by atoms with Crippen LogP contribution in [-0.4, -0.2) is 33.7 Å². The highest BCUT2D eigenvalue weighted by Crippen LogP contribution is 2.23. The molecular weight excluding hydrogens is 359 g/mol. The van der Waals surface area contributed by atoms with Gasteiger partial charge >= 0.3 is 0 Å². The zero-order valence-corrected chi connectivity index (χ0v) is 16.1. The molecule has 134 valence electrons. The van der Waals surface area contributed by atoms with Gasteiger partial charge in [0.05, 0.1) is 49.8 Å². The molecular formula is C19H23Cl2N2O2+. The fraction of sp³-hybridized carbons (Fsp3) is 0.316. The Bertz CT molecular complexity index is 735. The fourth-order valence-electron chi connectivity index (χ4n) is 2.69. The first-order valence-corrected chi connectivity index (χ1v) is 8.81. The fourth-order valence-corrected chi connectivity index (χ4v) is 3.01. The minimum Gasteiger partial charge on any atom is -0.496 e. The Hall–Kier alpha value is -1.75. The Morgan fingerprint density at radius 1 is 1.16 bits per heavy atom. The van der Waals surface area contributed by atoms with Gasteiger partial charge in [0.1, 0.15) is 11.8 Å². The molecule has 2 N–H and O–H groups in total. The summed E-state index contributed by atoms with van der Waals surface area (Å²) in [6, 6.07) is 13.2. The standard InChI is InChI=1S/C19H22Cl2N2O2/c1-23(2)17(14-6-4-5-7-18(14)25-3)12-22-19(24)11-13-8-9-15(20)16(21)10-13/h4-10,17H,11-12H2,1-3H3,(H,22,24)/p+1/t17-/m0/s1. The quantitative estimate of drug-likeness (QED) is 0.773. The lowest BCUT2D eigenvalue weighted by molar-refractivity contribution is -0.890. The number of rotatable bonds is 7. The summed E-state index contributed by atoms with van der Waals surface area (Å²) in [6.07, 6.45) is 0.262. The summed E-state index contributed by atoms with van der Waals surface area (Å²) in [7, 11) is 5.77. The third kappa shape index (κ3) is 5.36. The number of carbonyl (C=O) groups is 1. The smallest absolute Gasteiger partial charge is 0.224 e. The molecule has 1 atom stereocenters. The van der Waals surface area contributed by atoms with Crippen molar-refractivity contribution in [1.29, 1.82) is 0 Å². The SMILES string of the molecule is COc1ccccc1[C@H](CNC(=O)Cc1ccc(Cl)c(Cl)c1)[NH+](C)C. The zero-order valence-electron chi connectivity index (χ0n) is 14.6. The largest absolute Gasteiger partial charge is 0.496 e. The number of amides is 1. The van der Waals surface area contributed by atoms with Crippen LogP contribution in [-0.2, 0) is 11.2 Å². The number of ether oxygens (including phenoxy) is 1. The van der Waals surface area contributed by atoms with Crippen molar-refractivity contribution in [3.05, 3.63) is 63.6 Å². The second-order valence-electron chi connectivity index (χ2n) is 6.10. The van der Waals surface area contributed by atoms with Crippen LogP contribution in [0.25, 0.3) is 0 Å². The van der Waals surface area contributed by atoms with Gasteiger partial charge in [-0.2, -0.15) is 0 Å². The average molecular weight is 382 g/mol. The first-order chi connectivity index (χ1) is 11.9. The van der Waals surface area contributed by atoms with E-state index in [0.717, 1.165) is 16.9 Å². The molecule has 0 fully saturated rings. The van der Waals surface area contributed by atoms with Crippen molar-refractivity contribution in [2.24, 2.45) is 0 Å². The van der Waals surface area contributed by atoms with Gasteiger partial charge in [0.15, 0.2) is 0 Å². The number of carbonyl (C=O) groups excluding carboxylic acids is 1. The van der Waals surface area contributed by atoms with E-state index in [1.54, 1.807) is 19.2 Å². The summed E-state index contributed by atoms with van der Waals surface area (Å²) < 4.78 is 5.45. The molecule has 0 saturated carbocycles. The maximum absolute atomic E-state index is 12.3. The number of halogens is 2. The zero-order chi connectivity index (χ0) is 18.4. The molecule has 0 radical (unpaired) electrons. The van der Waals surface area contributed by atoms with Crippen molar-refractivity contribution in [3.63, 3.8) is 0 Å². The Morgan fingerprint density at radius 3 is 2.52 bits per heavy atom. The van der Waals surface area contributed by atoms with Crippen molar-refractivity contribution in [3.8, 4) is 5.75 Å². The van der Waals surface area contributed by atoms with E-state index < -0.39 is 0 Å². The number of quaternary nitrogens is 1. The minimum atomic E-state index is -0.0560. The number of para-hydroxylation sites is 1. The van der Waals surface area contributed by atoms with Crippen LogP contribution in [0.15, 0.2) is 42.5 Å². The Labute approximate surface area is 158 Å². The highest BCUT2D eigenvalue weighted by atomic mass is 35.5. The topological polar surface area (TPSA) is 42.8 Å². The molecule has 2 rings (SSSR count). The monoisotopic (exact) mass is 381 g/mol. The van der Waals surface area contributed by atoms with Crippen LogP contribution >= 0.6 is 23.2 Å². The van der Waals surface area contributed by atoms with Gasteiger partial charge in [0, 0.05) is 0 Å². The van der Waals surface area contributed by atoms with Crippen molar-refractivity contribution in [2.75, 3.05) is 27.7 Å². The van der Waals surface area contributed by atoms with Crippen LogP contribution in [0.2, 0.25) is 10.0 Å². The number of methoxy groups -OCH3 is 1. The van der Waals surface area contributed by atoms with E-state index in [2.05, 4.69) is 19.4 Å². The molecule has 0 heterocycles. The predicted octanol–water partition coefficient (Wildman–Crippen LogP) is 2.55. The lowest BCUT2D eigenvalue weighted by Crippen LogP contribution is -3.07. The number of likely N-dealkylation sites (N-methyl/N-ethyl adjacent to an activating group) is 1. The van der Waals surface area contributed by atoms with Gasteiger partial charge in [-0.1, -0.05) is 41.4 Å². The van der Waals surface area contributed by atoms with Gasteiger partial charge in [-0.3, -0.25) is 4.79 Å². The molecule has 2 aromatic carbocycles. The van der Waals surface area contributed by atoms with Crippen LogP contribution < -0.4 is 15.0 Å². The summed E-state index contributed by atoms with van der Waals surface area (Å²) in [5, 5.41) is 3.94. The van der Waals surface area contributed by atoms with Gasteiger partial charge in [-0.05, 0) is 29.8 Å². The Balaban J connectivity index is 2.03. The molecule has 6 heteroatoms. The van der Waals surface area contributed by atoms with E-state index in [-0.39, 0.29) is 18.4 Å². The molecule has 0 aliphatic carbocycles. The van der Waals surface area contributed by atoms with Crippen LogP contribution in [0.3, 0.4) is 0 Å². The van der Waals surface area contributed by atoms with E-state index in [4.69, 9.17) is 27.9 Å². The summed E-state index contributed by atoms with van der Waals surface area (Å²) in [5.74, 6) is 0.770. The number of benzene rings is 2. The van der Waals surface area contributed by atoms with E-state index in [9.17, 15) is 4.79 Å². The number of nitrogens with one attached hydrogen (secondary N) is 2. The number of hydrogen-bond donors (Lipinski definition) is 2. The van der Waals surface area contributed by atoms with Crippen LogP contribution in [0.1, 0.15) is 17.2 Å². The van der Waals surface area contributed by atoms with E-state index in [1.807, 2.05) is 30.3 Å². The van der Waals surface area contributed by atoms with Crippen molar-refractivity contribution < 1.29 is 14.4 Å². The van der Waals surface area contributed by atoms with Gasteiger partial charge < -0.3 is 15.0 Å². The van der Waals surface area contributed by atoms with E-state index in [1.165, 1.54) is 4.90 Å². The van der Waals surface area contributed by atoms with E-state index >= 15 is 0 Å². The van der Waals surface area contributed by atoms with Gasteiger partial charge in [-0.15, -0.1) is 0 Å². The molecule has 2 aromatic rings. The highest BCUT2D eigenvalue weighted by molar-refractivity contribution is 6.42. The summed E-state index contributed by atoms with van der Waals surface area (Å²) in [4.78, 5) is 13.5. The summed E-state index contributed by atoms with van der Waals surface area (Å²) in [6.45, 7) is 0.517. The molecule has 0 aliphatic heterocycles. The molecule has 4 nitrogen and oxygen atoms in total.